The minimum absolute atomic E-state index is 0.197. The van der Waals surface area contributed by atoms with Crippen LogP contribution in [0.3, 0.4) is 0 Å². The highest BCUT2D eigenvalue weighted by Gasteiger charge is 2.61. The lowest BCUT2D eigenvalue weighted by Crippen LogP contribution is -2.53. The molecule has 2 N–H and O–H groups in total. The number of carbonyl (C=O) groups is 1. The van der Waals surface area contributed by atoms with Gasteiger partial charge in [-0.3, -0.25) is 4.79 Å². The van der Waals surface area contributed by atoms with E-state index in [4.69, 9.17) is 9.84 Å². The molecule has 0 saturated heterocycles. The first-order valence-electron chi connectivity index (χ1n) is 14.7. The van der Waals surface area contributed by atoms with Crippen LogP contribution in [0.15, 0.2) is 11.6 Å². The number of aliphatic carboxylic acids is 1. The van der Waals surface area contributed by atoms with Crippen molar-refractivity contribution in [3.63, 3.8) is 0 Å². The molecule has 200 valence electrons. The Morgan fingerprint density at radius 3 is 2.63 bits per heavy atom. The number of carboxylic acids is 1. The van der Waals surface area contributed by atoms with E-state index in [2.05, 4.69) is 40.7 Å². The molecule has 35 heavy (non-hydrogen) atoms. The molecular weight excluding hydrogens is 436 g/mol. The van der Waals surface area contributed by atoms with E-state index in [9.17, 15) is 9.90 Å². The zero-order valence-corrected chi connectivity index (χ0v) is 23.2. The van der Waals surface area contributed by atoms with Gasteiger partial charge in [0.2, 0.25) is 0 Å². The van der Waals surface area contributed by atoms with Crippen LogP contribution in [0, 0.1) is 40.4 Å². The molecule has 0 aromatic carbocycles. The molecule has 4 aliphatic carbocycles. The van der Waals surface area contributed by atoms with Crippen LogP contribution in [0.1, 0.15) is 118 Å². The van der Waals surface area contributed by atoms with E-state index in [1.807, 2.05) is 0 Å². The summed E-state index contributed by atoms with van der Waals surface area (Å²) in [5.74, 6) is 2.66. The van der Waals surface area contributed by atoms with E-state index in [1.54, 1.807) is 5.57 Å². The summed E-state index contributed by atoms with van der Waals surface area (Å²) < 4.78 is 6.12. The fourth-order valence-electron chi connectivity index (χ4n) is 9.31. The van der Waals surface area contributed by atoms with Gasteiger partial charge in [-0.1, -0.05) is 52.2 Å². The third kappa shape index (κ3) is 5.40. The molecule has 4 aliphatic rings. The van der Waals surface area contributed by atoms with Gasteiger partial charge in [-0.15, -0.1) is 0 Å². The van der Waals surface area contributed by atoms with E-state index in [-0.39, 0.29) is 17.9 Å². The Bertz CT molecular complexity index is 785. The van der Waals surface area contributed by atoms with Gasteiger partial charge in [-0.2, -0.15) is 0 Å². The van der Waals surface area contributed by atoms with Gasteiger partial charge in [0.15, 0.2) is 0 Å². The molecule has 0 amide bonds. The van der Waals surface area contributed by atoms with Crippen molar-refractivity contribution in [2.45, 2.75) is 130 Å². The van der Waals surface area contributed by atoms with Crippen molar-refractivity contribution in [1.29, 1.82) is 0 Å². The largest absolute Gasteiger partial charge is 0.481 e. The molecule has 0 spiro atoms. The van der Waals surface area contributed by atoms with Crippen molar-refractivity contribution < 1.29 is 19.7 Å². The second-order valence-electron chi connectivity index (χ2n) is 13.8. The van der Waals surface area contributed by atoms with E-state index >= 15 is 0 Å². The second-order valence-corrected chi connectivity index (χ2v) is 13.8. The fourth-order valence-corrected chi connectivity index (χ4v) is 9.31. The summed E-state index contributed by atoms with van der Waals surface area (Å²) >= 11 is 0. The van der Waals surface area contributed by atoms with E-state index < -0.39 is 11.6 Å². The average molecular weight is 489 g/mol. The van der Waals surface area contributed by atoms with Crippen molar-refractivity contribution in [2.75, 3.05) is 6.61 Å². The minimum Gasteiger partial charge on any atom is -0.481 e. The normalized spacial score (nSPS) is 40.4. The Balaban J connectivity index is 1.41. The molecule has 0 heterocycles. The molecule has 0 radical (unpaired) electrons. The van der Waals surface area contributed by atoms with Gasteiger partial charge in [-0.05, 0) is 112 Å². The molecule has 3 saturated carbocycles. The molecule has 4 nitrogen and oxygen atoms in total. The predicted molar refractivity (Wildman–Crippen MR) is 141 cm³/mol. The summed E-state index contributed by atoms with van der Waals surface area (Å²) in [6.07, 6.45) is 16.5. The summed E-state index contributed by atoms with van der Waals surface area (Å²) in [5, 5.41) is 20.5. The lowest BCUT2D eigenvalue weighted by Gasteiger charge is -2.59. The third-order valence-electron chi connectivity index (χ3n) is 11.2. The Morgan fingerprint density at radius 1 is 1.14 bits per heavy atom. The number of hydrogen-bond acceptors (Lipinski definition) is 3. The molecule has 0 aliphatic heterocycles. The molecule has 4 rings (SSSR count). The first-order valence-corrected chi connectivity index (χ1v) is 14.7. The van der Waals surface area contributed by atoms with Gasteiger partial charge < -0.3 is 14.9 Å². The first-order chi connectivity index (χ1) is 16.5. The smallest absolute Gasteiger partial charge is 0.303 e. The molecule has 1 unspecified atom stereocenters. The van der Waals surface area contributed by atoms with Crippen LogP contribution in [0.2, 0.25) is 0 Å². The van der Waals surface area contributed by atoms with Crippen molar-refractivity contribution >= 4 is 5.97 Å². The quantitative estimate of drug-likeness (QED) is 0.248. The van der Waals surface area contributed by atoms with Crippen LogP contribution >= 0.6 is 0 Å². The SMILES string of the molecule is CC(C)CCCC(C)(O)[C@H]1CC[C@H]2[C@@H]3CC=C4C[C@@H](OCCCC(=O)O)CC[C@]4(C)[C@H]3CC[C@]12C. The summed E-state index contributed by atoms with van der Waals surface area (Å²) in [5.41, 5.74) is 1.64. The highest BCUT2D eigenvalue weighted by atomic mass is 16.5. The van der Waals surface area contributed by atoms with Crippen LogP contribution in [-0.2, 0) is 9.53 Å². The van der Waals surface area contributed by atoms with Crippen molar-refractivity contribution in [3.8, 4) is 0 Å². The van der Waals surface area contributed by atoms with Crippen LogP contribution in [0.5, 0.6) is 0 Å². The van der Waals surface area contributed by atoms with E-state index in [0.29, 0.717) is 30.3 Å². The van der Waals surface area contributed by atoms with Gasteiger partial charge in [0.05, 0.1) is 11.7 Å². The van der Waals surface area contributed by atoms with Crippen LogP contribution < -0.4 is 0 Å². The summed E-state index contributed by atoms with van der Waals surface area (Å²) in [7, 11) is 0. The van der Waals surface area contributed by atoms with E-state index in [1.165, 1.54) is 44.9 Å². The first kappa shape index (κ1) is 27.2. The zero-order valence-electron chi connectivity index (χ0n) is 23.2. The van der Waals surface area contributed by atoms with Crippen molar-refractivity contribution in [1.82, 2.24) is 0 Å². The molecule has 8 atom stereocenters. The van der Waals surface area contributed by atoms with Gasteiger partial charge in [0, 0.05) is 13.0 Å². The minimum atomic E-state index is -0.735. The second kappa shape index (κ2) is 10.5. The van der Waals surface area contributed by atoms with E-state index in [0.717, 1.165) is 43.4 Å². The predicted octanol–water partition coefficient (Wildman–Crippen LogP) is 7.39. The number of fused-ring (bicyclic) bond motifs is 5. The molecule has 0 aromatic heterocycles. The number of carboxylic acid groups (broad SMARTS) is 1. The highest BCUT2D eigenvalue weighted by Crippen LogP contribution is 2.67. The maximum Gasteiger partial charge on any atom is 0.303 e. The maximum atomic E-state index is 11.7. The van der Waals surface area contributed by atoms with Crippen LogP contribution in [0.25, 0.3) is 0 Å². The number of allylic oxidation sites excluding steroid dienone is 1. The average Bonchev–Trinajstić information content (AvgIpc) is 3.14. The Kier molecular flexibility index (Phi) is 8.14. The Labute approximate surface area is 214 Å². The zero-order chi connectivity index (χ0) is 25.4. The van der Waals surface area contributed by atoms with Gasteiger partial charge in [-0.25, -0.2) is 0 Å². The Morgan fingerprint density at radius 2 is 1.91 bits per heavy atom. The van der Waals surface area contributed by atoms with Gasteiger partial charge in [0.25, 0.3) is 0 Å². The maximum absolute atomic E-state index is 11.7. The topological polar surface area (TPSA) is 66.8 Å². The number of hydrogen-bond donors (Lipinski definition) is 2. The Hall–Kier alpha value is -0.870. The summed E-state index contributed by atoms with van der Waals surface area (Å²) in [6, 6.07) is 0. The monoisotopic (exact) mass is 488 g/mol. The highest BCUT2D eigenvalue weighted by molar-refractivity contribution is 5.66. The summed E-state index contributed by atoms with van der Waals surface area (Å²) in [4.78, 5) is 10.8. The lowest BCUT2D eigenvalue weighted by molar-refractivity contribution is -0.137. The van der Waals surface area contributed by atoms with Gasteiger partial charge >= 0.3 is 5.97 Å². The van der Waals surface area contributed by atoms with Crippen LogP contribution in [0.4, 0.5) is 0 Å². The van der Waals surface area contributed by atoms with Crippen molar-refractivity contribution in [2.24, 2.45) is 40.4 Å². The molecule has 0 bridgehead atoms. The fraction of sp³-hybridized carbons (Fsp3) is 0.903. The number of ether oxygens (including phenoxy) is 1. The molecular formula is C31H52O4. The van der Waals surface area contributed by atoms with Gasteiger partial charge in [0.1, 0.15) is 0 Å². The van der Waals surface area contributed by atoms with Crippen molar-refractivity contribution in [3.05, 3.63) is 11.6 Å². The third-order valence-corrected chi connectivity index (χ3v) is 11.2. The van der Waals surface area contributed by atoms with Crippen LogP contribution in [-0.4, -0.2) is 34.5 Å². The standard InChI is InChI=1S/C31H52O4/c1-21(2)8-6-16-31(5,34)27-13-12-25-24-11-10-22-20-23(35-19-7-9-28(32)33)14-17-29(22,3)26(24)15-18-30(25,27)4/h10,21,23-27,34H,6-9,11-20H2,1-5H3,(H,32,33)/t23-,24-,25-,26-,27-,29-,30-,31?/m0/s1. The lowest BCUT2D eigenvalue weighted by atomic mass is 9.46. The molecule has 4 heteroatoms. The number of rotatable bonds is 10. The molecule has 0 aromatic rings. The number of aliphatic hydroxyl groups is 1. The summed E-state index contributed by atoms with van der Waals surface area (Å²) in [6.45, 7) is 12.3. The molecule has 3 fully saturated rings.